The molecule has 1 rings (SSSR count). The summed E-state index contributed by atoms with van der Waals surface area (Å²) in [5.74, 6) is -0.112. The van der Waals surface area contributed by atoms with Gasteiger partial charge in [0.05, 0.1) is 17.4 Å². The molecular formula is C14H20N2O3S. The van der Waals surface area contributed by atoms with E-state index in [1.165, 1.54) is 0 Å². The fraction of sp³-hybridized carbons (Fsp3) is 0.500. The highest BCUT2D eigenvalue weighted by molar-refractivity contribution is 7.88. The number of nitriles is 1. The minimum atomic E-state index is -3.36. The van der Waals surface area contributed by atoms with Gasteiger partial charge in [-0.1, -0.05) is 25.0 Å². The molecule has 6 heteroatoms. The van der Waals surface area contributed by atoms with E-state index in [1.807, 2.05) is 6.07 Å². The average Bonchev–Trinajstić information content (AvgIpc) is 2.42. The van der Waals surface area contributed by atoms with Crippen molar-refractivity contribution in [3.05, 3.63) is 35.4 Å². The lowest BCUT2D eigenvalue weighted by atomic mass is 10.2. The lowest BCUT2D eigenvalue weighted by molar-refractivity contribution is 0.282. The minimum absolute atomic E-state index is 0.112. The maximum absolute atomic E-state index is 11.9. The second-order valence-electron chi connectivity index (χ2n) is 4.60. The second kappa shape index (κ2) is 8.69. The summed E-state index contributed by atoms with van der Waals surface area (Å²) in [6.07, 6.45) is 3.32. The van der Waals surface area contributed by atoms with Gasteiger partial charge in [-0.2, -0.15) is 5.26 Å². The zero-order chi connectivity index (χ0) is 14.8. The molecule has 1 aromatic carbocycles. The summed E-state index contributed by atoms with van der Waals surface area (Å²) in [5, 5.41) is 17.4. The summed E-state index contributed by atoms with van der Waals surface area (Å²) >= 11 is 0. The Bertz CT molecular complexity index is 550. The van der Waals surface area contributed by atoms with Crippen molar-refractivity contribution >= 4 is 10.0 Å². The Kier molecular flexibility index (Phi) is 7.23. The van der Waals surface area contributed by atoms with Crippen molar-refractivity contribution in [3.63, 3.8) is 0 Å². The van der Waals surface area contributed by atoms with Crippen LogP contribution in [0.5, 0.6) is 0 Å². The number of nitrogens with one attached hydrogen (secondary N) is 1. The summed E-state index contributed by atoms with van der Waals surface area (Å²) in [4.78, 5) is 0. The van der Waals surface area contributed by atoms with Crippen LogP contribution >= 0.6 is 0 Å². The van der Waals surface area contributed by atoms with Crippen molar-refractivity contribution in [1.82, 2.24) is 4.72 Å². The van der Waals surface area contributed by atoms with Gasteiger partial charge in [-0.3, -0.25) is 0 Å². The van der Waals surface area contributed by atoms with Crippen molar-refractivity contribution in [2.24, 2.45) is 0 Å². The molecule has 0 unspecified atom stereocenters. The van der Waals surface area contributed by atoms with Crippen LogP contribution in [0, 0.1) is 11.3 Å². The third-order valence-corrected chi connectivity index (χ3v) is 4.18. The standard InChI is InChI=1S/C14H20N2O3S/c15-11-13-6-5-7-14(10-13)12-20(18,19)16-8-3-1-2-4-9-17/h5-7,10,16-17H,1-4,8-9,12H2. The third kappa shape index (κ3) is 6.66. The molecule has 0 saturated heterocycles. The Morgan fingerprint density at radius 2 is 1.95 bits per heavy atom. The smallest absolute Gasteiger partial charge is 0.215 e. The Hall–Kier alpha value is -1.42. The molecule has 5 nitrogen and oxygen atoms in total. The van der Waals surface area contributed by atoms with Crippen molar-refractivity contribution in [2.75, 3.05) is 13.2 Å². The number of nitrogens with zero attached hydrogens (tertiary/aromatic N) is 1. The number of aliphatic hydroxyl groups excluding tert-OH is 1. The SMILES string of the molecule is N#Cc1cccc(CS(=O)(=O)NCCCCCCO)c1. The van der Waals surface area contributed by atoms with Crippen LogP contribution in [0.3, 0.4) is 0 Å². The highest BCUT2D eigenvalue weighted by Crippen LogP contribution is 2.08. The van der Waals surface area contributed by atoms with Crippen LogP contribution in [0.2, 0.25) is 0 Å². The van der Waals surface area contributed by atoms with Crippen molar-refractivity contribution < 1.29 is 13.5 Å². The molecule has 110 valence electrons. The van der Waals surface area contributed by atoms with Gasteiger partial charge in [0.2, 0.25) is 10.0 Å². The number of hydrogen-bond acceptors (Lipinski definition) is 4. The predicted octanol–water partition coefficient (Wildman–Crippen LogP) is 1.53. The Balaban J connectivity index is 2.39. The summed E-state index contributed by atoms with van der Waals surface area (Å²) in [6.45, 7) is 0.590. The largest absolute Gasteiger partial charge is 0.396 e. The van der Waals surface area contributed by atoms with E-state index in [2.05, 4.69) is 4.72 Å². The molecule has 1 aromatic rings. The number of sulfonamides is 1. The van der Waals surface area contributed by atoms with Crippen LogP contribution in [-0.4, -0.2) is 26.7 Å². The lowest BCUT2D eigenvalue weighted by Gasteiger charge is -2.07. The van der Waals surface area contributed by atoms with E-state index < -0.39 is 10.0 Å². The number of unbranched alkanes of at least 4 members (excludes halogenated alkanes) is 3. The van der Waals surface area contributed by atoms with Crippen LogP contribution in [-0.2, 0) is 15.8 Å². The molecule has 0 saturated carbocycles. The van der Waals surface area contributed by atoms with Crippen LogP contribution in [0.25, 0.3) is 0 Å². The van der Waals surface area contributed by atoms with Crippen LogP contribution < -0.4 is 4.72 Å². The molecule has 2 N–H and O–H groups in total. The number of benzene rings is 1. The van der Waals surface area contributed by atoms with Gasteiger partial charge in [-0.25, -0.2) is 13.1 Å². The normalized spacial score (nSPS) is 11.2. The molecule has 0 aliphatic carbocycles. The van der Waals surface area contributed by atoms with Gasteiger partial charge in [0.25, 0.3) is 0 Å². The zero-order valence-electron chi connectivity index (χ0n) is 11.4. The number of rotatable bonds is 9. The molecule has 0 aliphatic rings. The molecule has 0 aliphatic heterocycles. The van der Waals surface area contributed by atoms with Crippen LogP contribution in [0.15, 0.2) is 24.3 Å². The highest BCUT2D eigenvalue weighted by Gasteiger charge is 2.10. The summed E-state index contributed by atoms with van der Waals surface area (Å²) in [7, 11) is -3.36. The predicted molar refractivity (Wildman–Crippen MR) is 77.3 cm³/mol. The molecule has 0 spiro atoms. The maximum Gasteiger partial charge on any atom is 0.215 e. The van der Waals surface area contributed by atoms with Crippen molar-refractivity contribution in [1.29, 1.82) is 5.26 Å². The van der Waals surface area contributed by atoms with E-state index in [9.17, 15) is 8.42 Å². The number of aliphatic hydroxyl groups is 1. The Labute approximate surface area is 120 Å². The first-order valence-electron chi connectivity index (χ1n) is 6.64. The van der Waals surface area contributed by atoms with E-state index >= 15 is 0 Å². The zero-order valence-corrected chi connectivity index (χ0v) is 12.2. The van der Waals surface area contributed by atoms with Gasteiger partial charge in [-0.05, 0) is 30.5 Å². The molecule has 0 aromatic heterocycles. The first kappa shape index (κ1) is 16.6. The fourth-order valence-electron chi connectivity index (χ4n) is 1.82. The fourth-order valence-corrected chi connectivity index (χ4v) is 2.99. The first-order chi connectivity index (χ1) is 9.57. The molecule has 0 radical (unpaired) electrons. The van der Waals surface area contributed by atoms with E-state index in [1.54, 1.807) is 24.3 Å². The minimum Gasteiger partial charge on any atom is -0.396 e. The maximum atomic E-state index is 11.9. The summed E-state index contributed by atoms with van der Waals surface area (Å²) in [5.41, 5.74) is 1.07. The Morgan fingerprint density at radius 1 is 1.20 bits per heavy atom. The van der Waals surface area contributed by atoms with Crippen LogP contribution in [0.4, 0.5) is 0 Å². The van der Waals surface area contributed by atoms with E-state index in [0.717, 1.165) is 25.7 Å². The molecule has 0 atom stereocenters. The third-order valence-electron chi connectivity index (χ3n) is 2.82. The van der Waals surface area contributed by atoms with Gasteiger partial charge in [0.15, 0.2) is 0 Å². The summed E-state index contributed by atoms with van der Waals surface area (Å²) in [6, 6.07) is 8.59. The quantitative estimate of drug-likeness (QED) is 0.676. The molecule has 0 amide bonds. The second-order valence-corrected chi connectivity index (χ2v) is 6.41. The molecule has 0 heterocycles. The van der Waals surface area contributed by atoms with E-state index in [0.29, 0.717) is 17.7 Å². The van der Waals surface area contributed by atoms with Gasteiger partial charge >= 0.3 is 0 Å². The van der Waals surface area contributed by atoms with Crippen LogP contribution in [0.1, 0.15) is 36.8 Å². The van der Waals surface area contributed by atoms with E-state index in [-0.39, 0.29) is 12.4 Å². The Morgan fingerprint density at radius 3 is 2.65 bits per heavy atom. The van der Waals surface area contributed by atoms with Crippen molar-refractivity contribution in [2.45, 2.75) is 31.4 Å². The summed E-state index contributed by atoms with van der Waals surface area (Å²) < 4.78 is 26.3. The molecule has 0 bridgehead atoms. The van der Waals surface area contributed by atoms with Crippen molar-refractivity contribution in [3.8, 4) is 6.07 Å². The van der Waals surface area contributed by atoms with E-state index in [4.69, 9.17) is 10.4 Å². The van der Waals surface area contributed by atoms with Gasteiger partial charge in [0, 0.05) is 13.2 Å². The first-order valence-corrected chi connectivity index (χ1v) is 8.30. The topological polar surface area (TPSA) is 90.2 Å². The van der Waals surface area contributed by atoms with Gasteiger partial charge in [0.1, 0.15) is 0 Å². The lowest BCUT2D eigenvalue weighted by Crippen LogP contribution is -2.26. The average molecular weight is 296 g/mol. The van der Waals surface area contributed by atoms with Gasteiger partial charge in [-0.15, -0.1) is 0 Å². The monoisotopic (exact) mass is 296 g/mol. The molecule has 0 fully saturated rings. The number of hydrogen-bond donors (Lipinski definition) is 2. The molecule has 20 heavy (non-hydrogen) atoms. The molecular weight excluding hydrogens is 276 g/mol. The highest BCUT2D eigenvalue weighted by atomic mass is 32.2. The van der Waals surface area contributed by atoms with Gasteiger partial charge < -0.3 is 5.11 Å².